The van der Waals surface area contributed by atoms with Crippen molar-refractivity contribution in [3.63, 3.8) is 0 Å². The number of halogens is 1. The molecular weight excluding hydrogens is 384 g/mol. The molecule has 5 nitrogen and oxygen atoms in total. The van der Waals surface area contributed by atoms with Gasteiger partial charge >= 0.3 is 0 Å². The van der Waals surface area contributed by atoms with Crippen LogP contribution in [0.15, 0.2) is 47.8 Å². The molecule has 0 fully saturated rings. The number of nitrogens with one attached hydrogen (secondary N) is 1. The van der Waals surface area contributed by atoms with Crippen molar-refractivity contribution >= 4 is 34.0 Å². The Kier molecular flexibility index (Phi) is 5.27. The highest BCUT2D eigenvalue weighted by Gasteiger charge is 2.13. The van der Waals surface area contributed by atoms with Crippen LogP contribution < -0.4 is 14.8 Å². The number of nitrogens with zero attached hydrogens (tertiary/aromatic N) is 1. The Bertz CT molecular complexity index is 956. The van der Waals surface area contributed by atoms with Crippen LogP contribution >= 0.6 is 22.9 Å². The number of aryl methyl sites for hydroxylation is 1. The number of ether oxygens (including phenoxy) is 2. The maximum atomic E-state index is 12.1. The highest BCUT2D eigenvalue weighted by atomic mass is 35.5. The first kappa shape index (κ1) is 17.8. The van der Waals surface area contributed by atoms with Crippen LogP contribution in [-0.4, -0.2) is 24.1 Å². The third-order valence-electron chi connectivity index (χ3n) is 4.15. The zero-order valence-electron chi connectivity index (χ0n) is 14.4. The van der Waals surface area contributed by atoms with Gasteiger partial charge in [0.15, 0.2) is 11.7 Å². The van der Waals surface area contributed by atoms with Crippen LogP contribution in [0.25, 0.3) is 11.3 Å². The number of carbonyl (C=O) groups is 1. The van der Waals surface area contributed by atoms with Crippen molar-refractivity contribution < 1.29 is 14.3 Å². The molecule has 1 aliphatic rings. The number of fused-ring (bicyclic) bond motifs is 1. The highest BCUT2D eigenvalue weighted by molar-refractivity contribution is 7.14. The fourth-order valence-electron chi connectivity index (χ4n) is 2.80. The second kappa shape index (κ2) is 7.98. The summed E-state index contributed by atoms with van der Waals surface area (Å²) in [7, 11) is 0. The Morgan fingerprint density at radius 3 is 2.96 bits per heavy atom. The maximum absolute atomic E-state index is 12.1. The lowest BCUT2D eigenvalue weighted by Gasteiger charge is -2.17. The average molecular weight is 401 g/mol. The summed E-state index contributed by atoms with van der Waals surface area (Å²) in [5, 5.41) is 5.85. The lowest BCUT2D eigenvalue weighted by Crippen LogP contribution is -2.20. The molecule has 1 N–H and O–H groups in total. The largest absolute Gasteiger partial charge is 0.493 e. The van der Waals surface area contributed by atoms with Crippen molar-refractivity contribution in [1.29, 1.82) is 0 Å². The van der Waals surface area contributed by atoms with Crippen LogP contribution in [0.3, 0.4) is 0 Å². The molecule has 138 valence electrons. The molecule has 0 spiro atoms. The lowest BCUT2D eigenvalue weighted by molar-refractivity contribution is -0.118. The Morgan fingerprint density at radius 2 is 2.11 bits per heavy atom. The van der Waals surface area contributed by atoms with Crippen molar-refractivity contribution in [2.24, 2.45) is 0 Å². The third kappa shape index (κ3) is 4.40. The number of anilines is 1. The fourth-order valence-corrected chi connectivity index (χ4v) is 3.66. The van der Waals surface area contributed by atoms with Crippen molar-refractivity contribution in [2.45, 2.75) is 12.8 Å². The number of thiazole rings is 1. The summed E-state index contributed by atoms with van der Waals surface area (Å²) in [6.07, 6.45) is 2.04. The fraction of sp³-hybridized carbons (Fsp3) is 0.200. The molecule has 0 bridgehead atoms. The van der Waals surface area contributed by atoms with Gasteiger partial charge in [0, 0.05) is 22.0 Å². The van der Waals surface area contributed by atoms with E-state index < -0.39 is 0 Å². The van der Waals surface area contributed by atoms with Gasteiger partial charge in [-0.05, 0) is 36.6 Å². The molecule has 1 aliphatic heterocycles. The highest BCUT2D eigenvalue weighted by Crippen LogP contribution is 2.29. The first-order valence-electron chi connectivity index (χ1n) is 8.57. The number of amides is 1. The van der Waals surface area contributed by atoms with E-state index in [1.54, 1.807) is 0 Å². The molecular formula is C20H17ClN2O3S. The van der Waals surface area contributed by atoms with Crippen molar-refractivity contribution in [1.82, 2.24) is 4.98 Å². The molecule has 0 radical (unpaired) electrons. The topological polar surface area (TPSA) is 60.5 Å². The summed E-state index contributed by atoms with van der Waals surface area (Å²) in [5.41, 5.74) is 2.91. The number of hydrogen-bond donors (Lipinski definition) is 1. The molecule has 2 aromatic carbocycles. The normalized spacial score (nSPS) is 12.8. The summed E-state index contributed by atoms with van der Waals surface area (Å²) in [5.74, 6) is 1.20. The minimum absolute atomic E-state index is 0.0886. The molecule has 4 rings (SSSR count). The Balaban J connectivity index is 1.34. The zero-order chi connectivity index (χ0) is 18.6. The maximum Gasteiger partial charge on any atom is 0.264 e. The quantitative estimate of drug-likeness (QED) is 0.667. The minimum Gasteiger partial charge on any atom is -0.493 e. The molecule has 3 aromatic rings. The standard InChI is InChI=1S/C20H17ClN2O3S/c21-15-6-3-13(4-7-15)17-12-27-20(22-17)23-19(24)11-26-16-8-5-14-2-1-9-25-18(14)10-16/h3-8,10,12H,1-2,9,11H2,(H,22,23,24). The minimum atomic E-state index is -0.259. The molecule has 0 saturated heterocycles. The average Bonchev–Trinajstić information content (AvgIpc) is 3.15. The third-order valence-corrected chi connectivity index (χ3v) is 5.16. The monoisotopic (exact) mass is 400 g/mol. The Labute approximate surface area is 165 Å². The van der Waals surface area contributed by atoms with Gasteiger partial charge in [0.2, 0.25) is 0 Å². The Morgan fingerprint density at radius 1 is 1.26 bits per heavy atom. The molecule has 2 heterocycles. The van der Waals surface area contributed by atoms with Crippen molar-refractivity contribution in [2.75, 3.05) is 18.5 Å². The number of aromatic nitrogens is 1. The van der Waals surface area contributed by atoms with Crippen LogP contribution in [0.1, 0.15) is 12.0 Å². The molecule has 7 heteroatoms. The van der Waals surface area contributed by atoms with E-state index in [0.29, 0.717) is 15.9 Å². The molecule has 0 aliphatic carbocycles. The van der Waals surface area contributed by atoms with Crippen LogP contribution in [0.4, 0.5) is 5.13 Å². The summed E-state index contributed by atoms with van der Waals surface area (Å²) in [4.78, 5) is 16.6. The van der Waals surface area contributed by atoms with Gasteiger partial charge in [-0.1, -0.05) is 29.8 Å². The van der Waals surface area contributed by atoms with Crippen LogP contribution in [0.2, 0.25) is 5.02 Å². The molecule has 1 aromatic heterocycles. The molecule has 0 saturated carbocycles. The van der Waals surface area contributed by atoms with E-state index in [-0.39, 0.29) is 12.5 Å². The van der Waals surface area contributed by atoms with Gasteiger partial charge in [-0.2, -0.15) is 0 Å². The lowest BCUT2D eigenvalue weighted by atomic mass is 10.1. The van der Waals surface area contributed by atoms with E-state index in [0.717, 1.165) is 36.5 Å². The van der Waals surface area contributed by atoms with Gasteiger partial charge < -0.3 is 9.47 Å². The van der Waals surface area contributed by atoms with Gasteiger partial charge in [0.25, 0.3) is 5.91 Å². The van der Waals surface area contributed by atoms with E-state index in [2.05, 4.69) is 10.3 Å². The van der Waals surface area contributed by atoms with Crippen LogP contribution in [0, 0.1) is 0 Å². The molecule has 1 amide bonds. The number of rotatable bonds is 5. The summed E-state index contributed by atoms with van der Waals surface area (Å²) in [6, 6.07) is 13.1. The smallest absolute Gasteiger partial charge is 0.264 e. The van der Waals surface area contributed by atoms with Gasteiger partial charge in [-0.3, -0.25) is 10.1 Å². The summed E-state index contributed by atoms with van der Waals surface area (Å²) < 4.78 is 11.2. The zero-order valence-corrected chi connectivity index (χ0v) is 16.0. The first-order chi connectivity index (χ1) is 13.2. The van der Waals surface area contributed by atoms with Crippen molar-refractivity contribution in [3.8, 4) is 22.8 Å². The van der Waals surface area contributed by atoms with Gasteiger partial charge in [-0.15, -0.1) is 11.3 Å². The number of benzene rings is 2. The number of hydrogen-bond acceptors (Lipinski definition) is 5. The summed E-state index contributed by atoms with van der Waals surface area (Å²) in [6.45, 7) is 0.631. The second-order valence-electron chi connectivity index (χ2n) is 6.10. The van der Waals surface area contributed by atoms with Gasteiger partial charge in [0.1, 0.15) is 11.5 Å². The predicted octanol–water partition coefficient (Wildman–Crippen LogP) is 4.81. The first-order valence-corrected chi connectivity index (χ1v) is 9.83. The second-order valence-corrected chi connectivity index (χ2v) is 7.40. The van der Waals surface area contributed by atoms with Crippen LogP contribution in [-0.2, 0) is 11.2 Å². The Hall–Kier alpha value is -2.57. The number of carbonyl (C=O) groups excluding carboxylic acids is 1. The SMILES string of the molecule is O=C(COc1ccc2c(c1)OCCC2)Nc1nc(-c2ccc(Cl)cc2)cs1. The van der Waals surface area contributed by atoms with Gasteiger partial charge in [0.05, 0.1) is 12.3 Å². The van der Waals surface area contributed by atoms with E-state index in [9.17, 15) is 4.79 Å². The summed E-state index contributed by atoms with van der Waals surface area (Å²) >= 11 is 7.27. The predicted molar refractivity (Wildman–Crippen MR) is 107 cm³/mol. The van der Waals surface area contributed by atoms with Crippen LogP contribution in [0.5, 0.6) is 11.5 Å². The van der Waals surface area contributed by atoms with E-state index in [1.807, 2.05) is 47.8 Å². The molecule has 0 unspecified atom stereocenters. The van der Waals surface area contributed by atoms with Gasteiger partial charge in [-0.25, -0.2) is 4.98 Å². The van der Waals surface area contributed by atoms with E-state index >= 15 is 0 Å². The van der Waals surface area contributed by atoms with E-state index in [1.165, 1.54) is 16.9 Å². The van der Waals surface area contributed by atoms with E-state index in [4.69, 9.17) is 21.1 Å². The molecule has 0 atom stereocenters. The van der Waals surface area contributed by atoms with Crippen molar-refractivity contribution in [3.05, 3.63) is 58.4 Å². The molecule has 27 heavy (non-hydrogen) atoms.